The van der Waals surface area contributed by atoms with E-state index in [1.165, 1.54) is 17.8 Å². The molecule has 0 unspecified atom stereocenters. The molecular weight excluding hydrogens is 493 g/mol. The maximum Gasteiger partial charge on any atom is 0.253 e. The number of hydrogen-bond donors (Lipinski definition) is 2. The van der Waals surface area contributed by atoms with Gasteiger partial charge >= 0.3 is 0 Å². The molecule has 0 aliphatic heterocycles. The summed E-state index contributed by atoms with van der Waals surface area (Å²) in [7, 11) is 0. The van der Waals surface area contributed by atoms with E-state index in [2.05, 4.69) is 27.4 Å². The van der Waals surface area contributed by atoms with Gasteiger partial charge in [-0.15, -0.1) is 16.8 Å². The van der Waals surface area contributed by atoms with Gasteiger partial charge in [-0.2, -0.15) is 0 Å². The van der Waals surface area contributed by atoms with Crippen LogP contribution in [0.25, 0.3) is 0 Å². The molecule has 0 fully saturated rings. The average Bonchev–Trinajstić information content (AvgIpc) is 3.14. The Morgan fingerprint density at radius 1 is 1.15 bits per heavy atom. The Morgan fingerprint density at radius 3 is 2.50 bits per heavy atom. The van der Waals surface area contributed by atoms with Crippen molar-refractivity contribution in [3.8, 4) is 0 Å². The molecule has 178 valence electrons. The average molecular weight is 518 g/mol. The second kappa shape index (κ2) is 11.6. The lowest BCUT2D eigenvalue weighted by molar-refractivity contribution is -0.113. The number of carbonyl (C=O) groups is 2. The molecule has 10 heteroatoms. The van der Waals surface area contributed by atoms with Crippen molar-refractivity contribution in [2.45, 2.75) is 38.5 Å². The maximum absolute atomic E-state index is 12.7. The zero-order valence-electron chi connectivity index (χ0n) is 19.1. The normalized spacial score (nSPS) is 11.7. The number of aryl methyl sites for hydroxylation is 2. The molecule has 0 bridgehead atoms. The van der Waals surface area contributed by atoms with Crippen LogP contribution in [0.4, 0.5) is 5.69 Å². The van der Waals surface area contributed by atoms with Crippen LogP contribution in [-0.4, -0.2) is 32.3 Å². The highest BCUT2D eigenvalue weighted by atomic mass is 35.5. The topological polar surface area (TPSA) is 88.9 Å². The van der Waals surface area contributed by atoms with Gasteiger partial charge in [0, 0.05) is 17.3 Å². The minimum absolute atomic E-state index is 0.150. The minimum atomic E-state index is -0.467. The van der Waals surface area contributed by atoms with Crippen LogP contribution in [-0.2, 0) is 11.3 Å². The van der Waals surface area contributed by atoms with E-state index in [4.69, 9.17) is 23.2 Å². The van der Waals surface area contributed by atoms with Gasteiger partial charge < -0.3 is 15.2 Å². The van der Waals surface area contributed by atoms with Crippen molar-refractivity contribution < 1.29 is 9.59 Å². The van der Waals surface area contributed by atoms with Gasteiger partial charge in [0.05, 0.1) is 22.4 Å². The summed E-state index contributed by atoms with van der Waals surface area (Å²) < 4.78 is 1.82. The largest absolute Gasteiger partial charge is 0.342 e. The molecule has 0 radical (unpaired) electrons. The fraction of sp³-hybridized carbons (Fsp3) is 0.250. The summed E-state index contributed by atoms with van der Waals surface area (Å²) in [5.74, 6) is 0.187. The number of thioether (sulfide) groups is 1. The van der Waals surface area contributed by atoms with Crippen LogP contribution >= 0.6 is 35.0 Å². The Labute approximate surface area is 212 Å². The number of hydrogen-bond acceptors (Lipinski definition) is 5. The molecule has 0 aliphatic carbocycles. The molecule has 0 spiro atoms. The predicted molar refractivity (Wildman–Crippen MR) is 138 cm³/mol. The Balaban J connectivity index is 1.68. The number of nitrogens with one attached hydrogen (secondary N) is 2. The van der Waals surface area contributed by atoms with Crippen LogP contribution < -0.4 is 10.6 Å². The standard InChI is InChI=1S/C24H25Cl2N5O2S/c1-5-8-31-22(16(4)27-23(33)19-7-6-17(25)12-20(19)26)29-30-24(31)34-13-21(32)28-18-10-14(2)9-15(3)11-18/h5-7,9-12,16H,1,8,13H2,2-4H3,(H,27,33)(H,28,32)/t16-/m0/s1. The van der Waals surface area contributed by atoms with Crippen molar-refractivity contribution in [2.24, 2.45) is 0 Å². The monoisotopic (exact) mass is 517 g/mol. The molecule has 2 amide bonds. The van der Waals surface area contributed by atoms with Crippen molar-refractivity contribution in [1.82, 2.24) is 20.1 Å². The third-order valence-corrected chi connectivity index (χ3v) is 6.32. The van der Waals surface area contributed by atoms with Crippen LogP contribution in [0, 0.1) is 13.8 Å². The predicted octanol–water partition coefficient (Wildman–Crippen LogP) is 5.61. The van der Waals surface area contributed by atoms with Crippen molar-refractivity contribution in [2.75, 3.05) is 11.1 Å². The van der Waals surface area contributed by atoms with Crippen LogP contribution in [0.15, 0.2) is 54.2 Å². The van der Waals surface area contributed by atoms with E-state index in [1.54, 1.807) is 25.1 Å². The highest BCUT2D eigenvalue weighted by Gasteiger charge is 2.21. The first-order valence-corrected chi connectivity index (χ1v) is 12.2. The summed E-state index contributed by atoms with van der Waals surface area (Å²) >= 11 is 13.3. The Hall–Kier alpha value is -2.81. The van der Waals surface area contributed by atoms with Crippen molar-refractivity contribution >= 4 is 52.5 Å². The molecule has 2 aromatic carbocycles. The zero-order valence-corrected chi connectivity index (χ0v) is 21.4. The number of carbonyl (C=O) groups excluding carboxylic acids is 2. The smallest absolute Gasteiger partial charge is 0.253 e. The number of benzene rings is 2. The van der Waals surface area contributed by atoms with Gasteiger partial charge in [-0.3, -0.25) is 9.59 Å². The number of nitrogens with zero attached hydrogens (tertiary/aromatic N) is 3. The van der Waals surface area contributed by atoms with Crippen LogP contribution in [0.2, 0.25) is 10.0 Å². The van der Waals surface area contributed by atoms with Crippen molar-refractivity contribution in [1.29, 1.82) is 0 Å². The Kier molecular flexibility index (Phi) is 8.77. The summed E-state index contributed by atoms with van der Waals surface area (Å²) in [5.41, 5.74) is 3.22. The first kappa shape index (κ1) is 25.8. The molecule has 0 saturated carbocycles. The molecule has 3 aromatic rings. The molecule has 1 heterocycles. The summed E-state index contributed by atoms with van der Waals surface area (Å²) in [5, 5.41) is 15.5. The molecule has 2 N–H and O–H groups in total. The highest BCUT2D eigenvalue weighted by molar-refractivity contribution is 7.99. The lowest BCUT2D eigenvalue weighted by atomic mass is 10.1. The van der Waals surface area contributed by atoms with Gasteiger partial charge in [-0.1, -0.05) is 47.1 Å². The van der Waals surface area contributed by atoms with Gasteiger partial charge in [-0.05, 0) is 62.2 Å². The second-order valence-corrected chi connectivity index (χ2v) is 9.56. The van der Waals surface area contributed by atoms with E-state index < -0.39 is 6.04 Å². The summed E-state index contributed by atoms with van der Waals surface area (Å²) in [6, 6.07) is 10.1. The van der Waals surface area contributed by atoms with Gasteiger partial charge in [0.15, 0.2) is 11.0 Å². The van der Waals surface area contributed by atoms with Gasteiger partial charge in [-0.25, -0.2) is 0 Å². The van der Waals surface area contributed by atoms with Crippen LogP contribution in [0.5, 0.6) is 0 Å². The molecule has 1 aromatic heterocycles. The number of anilines is 1. The first-order chi connectivity index (χ1) is 16.2. The summed E-state index contributed by atoms with van der Waals surface area (Å²) in [6.45, 7) is 9.98. The SMILES string of the molecule is C=CCn1c(SCC(=O)Nc2cc(C)cc(C)c2)nnc1[C@H](C)NC(=O)c1ccc(Cl)cc1Cl. The van der Waals surface area contributed by atoms with E-state index in [9.17, 15) is 9.59 Å². The molecule has 0 saturated heterocycles. The highest BCUT2D eigenvalue weighted by Crippen LogP contribution is 2.24. The maximum atomic E-state index is 12.7. The molecule has 34 heavy (non-hydrogen) atoms. The third-order valence-electron chi connectivity index (χ3n) is 4.81. The molecule has 1 atom stereocenters. The number of aromatic nitrogens is 3. The van der Waals surface area contributed by atoms with Crippen LogP contribution in [0.3, 0.4) is 0 Å². The summed E-state index contributed by atoms with van der Waals surface area (Å²) in [4.78, 5) is 25.2. The van der Waals surface area contributed by atoms with Gasteiger partial charge in [0.1, 0.15) is 0 Å². The van der Waals surface area contributed by atoms with Crippen molar-refractivity contribution in [3.05, 3.63) is 81.6 Å². The third kappa shape index (κ3) is 6.62. The zero-order chi connectivity index (χ0) is 24.8. The number of amides is 2. The number of rotatable bonds is 9. The van der Waals surface area contributed by atoms with E-state index in [-0.39, 0.29) is 22.6 Å². The van der Waals surface area contributed by atoms with E-state index >= 15 is 0 Å². The van der Waals surface area contributed by atoms with Gasteiger partial charge in [0.25, 0.3) is 5.91 Å². The second-order valence-electron chi connectivity index (χ2n) is 7.77. The molecular formula is C24H25Cl2N5O2S. The Bertz CT molecular complexity index is 1210. The fourth-order valence-electron chi connectivity index (χ4n) is 3.41. The van der Waals surface area contributed by atoms with E-state index in [0.29, 0.717) is 28.1 Å². The van der Waals surface area contributed by atoms with Gasteiger partial charge in [0.2, 0.25) is 5.91 Å². The lowest BCUT2D eigenvalue weighted by Gasteiger charge is -2.16. The molecule has 7 nitrogen and oxygen atoms in total. The lowest BCUT2D eigenvalue weighted by Crippen LogP contribution is -2.29. The van der Waals surface area contributed by atoms with Crippen molar-refractivity contribution in [3.63, 3.8) is 0 Å². The molecule has 0 aliphatic rings. The van der Waals surface area contributed by atoms with Crippen LogP contribution in [0.1, 0.15) is 40.3 Å². The fourth-order valence-corrected chi connectivity index (χ4v) is 4.66. The molecule has 3 rings (SSSR count). The van der Waals surface area contributed by atoms with E-state index in [0.717, 1.165) is 16.8 Å². The number of halogens is 2. The summed E-state index contributed by atoms with van der Waals surface area (Å²) in [6.07, 6.45) is 1.71. The minimum Gasteiger partial charge on any atom is -0.342 e. The quantitative estimate of drug-likeness (QED) is 0.284. The number of allylic oxidation sites excluding steroid dienone is 1. The first-order valence-electron chi connectivity index (χ1n) is 10.5. The Morgan fingerprint density at radius 2 is 1.85 bits per heavy atom. The van der Waals surface area contributed by atoms with E-state index in [1.807, 2.05) is 36.6 Å².